The zero-order valence-electron chi connectivity index (χ0n) is 17.0. The van der Waals surface area contributed by atoms with Crippen LogP contribution in [0.1, 0.15) is 17.5 Å². The molecule has 1 amide bonds. The van der Waals surface area contributed by atoms with E-state index in [0.29, 0.717) is 26.9 Å². The first kappa shape index (κ1) is 21.2. The van der Waals surface area contributed by atoms with Crippen molar-refractivity contribution in [3.8, 4) is 5.69 Å². The van der Waals surface area contributed by atoms with Crippen molar-refractivity contribution in [2.45, 2.75) is 31.2 Å². The molecule has 0 bridgehead atoms. The zero-order chi connectivity index (χ0) is 22.1. The average Bonchev–Trinajstić information content (AvgIpc) is 3.06. The number of para-hydroxylation sites is 1. The maximum absolute atomic E-state index is 13.4. The molecule has 1 N–H and O–H groups in total. The van der Waals surface area contributed by atoms with Gasteiger partial charge in [0, 0.05) is 4.88 Å². The predicted molar refractivity (Wildman–Crippen MR) is 123 cm³/mol. The minimum absolute atomic E-state index is 0.244. The number of nitrogens with one attached hydrogen (secondary N) is 1. The molecule has 158 valence electrons. The topological polar surface area (TPSA) is 76.9 Å². The van der Waals surface area contributed by atoms with Gasteiger partial charge >= 0.3 is 0 Å². The van der Waals surface area contributed by atoms with E-state index in [4.69, 9.17) is 0 Å². The molecule has 31 heavy (non-hydrogen) atoms. The molecule has 0 saturated heterocycles. The van der Waals surface area contributed by atoms with Crippen LogP contribution in [-0.4, -0.2) is 25.7 Å². The van der Waals surface area contributed by atoms with E-state index in [0.717, 1.165) is 22.3 Å². The largest absolute Gasteiger partial charge is 0.301 e. The number of amides is 1. The van der Waals surface area contributed by atoms with Gasteiger partial charge in [0.05, 0.1) is 27.5 Å². The van der Waals surface area contributed by atoms with Crippen molar-refractivity contribution in [3.05, 3.63) is 75.3 Å². The standard InChI is InChI=1S/C22H19FN4O2S2/c1-12-13(2)30-21(24-12)26-19(28)14(3)31-22-25-18-7-5-4-6-17(18)20(29)27(22)16-10-8-15(23)9-11-16/h4-11,14H,1-3H3,(H,24,26,28). The summed E-state index contributed by atoms with van der Waals surface area (Å²) in [6, 6.07) is 12.6. The Morgan fingerprint density at radius 3 is 2.52 bits per heavy atom. The number of hydrogen-bond donors (Lipinski definition) is 1. The van der Waals surface area contributed by atoms with Crippen LogP contribution in [0, 0.1) is 19.7 Å². The van der Waals surface area contributed by atoms with E-state index in [-0.39, 0.29) is 11.5 Å². The number of fused-ring (bicyclic) bond motifs is 1. The Hall–Kier alpha value is -3.04. The Labute approximate surface area is 186 Å². The highest BCUT2D eigenvalue weighted by molar-refractivity contribution is 8.00. The number of aromatic nitrogens is 3. The SMILES string of the molecule is Cc1nc(NC(=O)C(C)Sc2nc3ccccc3c(=O)n2-c2ccc(F)cc2)sc1C. The molecule has 0 fully saturated rings. The summed E-state index contributed by atoms with van der Waals surface area (Å²) < 4.78 is 14.9. The van der Waals surface area contributed by atoms with Crippen molar-refractivity contribution in [2.24, 2.45) is 0 Å². The van der Waals surface area contributed by atoms with Gasteiger partial charge in [0.25, 0.3) is 5.56 Å². The Morgan fingerprint density at radius 2 is 1.84 bits per heavy atom. The maximum atomic E-state index is 13.4. The van der Waals surface area contributed by atoms with E-state index < -0.39 is 11.1 Å². The smallest absolute Gasteiger partial charge is 0.266 e. The number of carbonyl (C=O) groups excluding carboxylic acids is 1. The fraction of sp³-hybridized carbons (Fsp3) is 0.182. The maximum Gasteiger partial charge on any atom is 0.266 e. The third-order valence-corrected chi connectivity index (χ3v) is 6.78. The summed E-state index contributed by atoms with van der Waals surface area (Å²) in [5.74, 6) is -0.645. The van der Waals surface area contributed by atoms with Gasteiger partial charge in [-0.15, -0.1) is 11.3 Å². The van der Waals surface area contributed by atoms with Gasteiger partial charge in [0.1, 0.15) is 5.82 Å². The summed E-state index contributed by atoms with van der Waals surface area (Å²) in [5.41, 5.74) is 1.61. The molecule has 0 aliphatic carbocycles. The quantitative estimate of drug-likeness (QED) is 0.349. The van der Waals surface area contributed by atoms with Crippen LogP contribution in [0.15, 0.2) is 58.5 Å². The molecule has 6 nitrogen and oxygen atoms in total. The first-order chi connectivity index (χ1) is 14.8. The Kier molecular flexibility index (Phi) is 5.88. The number of halogens is 1. The molecule has 0 spiro atoms. The molecular formula is C22H19FN4O2S2. The van der Waals surface area contributed by atoms with E-state index in [1.54, 1.807) is 31.2 Å². The number of hydrogen-bond acceptors (Lipinski definition) is 6. The molecule has 1 unspecified atom stereocenters. The lowest BCUT2D eigenvalue weighted by atomic mass is 10.2. The lowest BCUT2D eigenvalue weighted by Crippen LogP contribution is -2.26. The predicted octanol–water partition coefficient (Wildman–Crippen LogP) is 4.72. The summed E-state index contributed by atoms with van der Waals surface area (Å²) in [4.78, 5) is 36.0. The summed E-state index contributed by atoms with van der Waals surface area (Å²) in [6.07, 6.45) is 0. The molecule has 4 aromatic rings. The Morgan fingerprint density at radius 1 is 1.13 bits per heavy atom. The number of rotatable bonds is 5. The fourth-order valence-corrected chi connectivity index (χ4v) is 4.70. The van der Waals surface area contributed by atoms with Crippen LogP contribution in [0.4, 0.5) is 9.52 Å². The molecule has 0 radical (unpaired) electrons. The van der Waals surface area contributed by atoms with Crippen LogP contribution < -0.4 is 10.9 Å². The Bertz CT molecular complexity index is 1310. The molecule has 1 atom stereocenters. The number of thioether (sulfide) groups is 1. The fourth-order valence-electron chi connectivity index (χ4n) is 2.95. The van der Waals surface area contributed by atoms with E-state index in [2.05, 4.69) is 15.3 Å². The van der Waals surface area contributed by atoms with E-state index in [1.165, 1.54) is 40.2 Å². The molecule has 0 saturated carbocycles. The number of aryl methyl sites for hydroxylation is 2. The Balaban J connectivity index is 1.71. The first-order valence-corrected chi connectivity index (χ1v) is 11.2. The van der Waals surface area contributed by atoms with Crippen molar-refractivity contribution in [2.75, 3.05) is 5.32 Å². The minimum atomic E-state index is -0.552. The molecular weight excluding hydrogens is 435 g/mol. The summed E-state index contributed by atoms with van der Waals surface area (Å²) in [7, 11) is 0. The molecule has 9 heteroatoms. The lowest BCUT2D eigenvalue weighted by Gasteiger charge is -2.16. The summed E-state index contributed by atoms with van der Waals surface area (Å²) >= 11 is 2.57. The third-order valence-electron chi connectivity index (χ3n) is 4.74. The molecule has 0 aliphatic heterocycles. The highest BCUT2D eigenvalue weighted by Crippen LogP contribution is 2.27. The van der Waals surface area contributed by atoms with Gasteiger partial charge in [-0.1, -0.05) is 23.9 Å². The number of benzene rings is 2. The monoisotopic (exact) mass is 454 g/mol. The highest BCUT2D eigenvalue weighted by Gasteiger charge is 2.21. The van der Waals surface area contributed by atoms with Crippen LogP contribution in [0.5, 0.6) is 0 Å². The van der Waals surface area contributed by atoms with Gasteiger partial charge in [-0.25, -0.2) is 14.4 Å². The van der Waals surface area contributed by atoms with E-state index >= 15 is 0 Å². The first-order valence-electron chi connectivity index (χ1n) is 9.53. The minimum Gasteiger partial charge on any atom is -0.301 e. The molecule has 0 aliphatic rings. The van der Waals surface area contributed by atoms with Gasteiger partial charge in [-0.05, 0) is 57.2 Å². The zero-order valence-corrected chi connectivity index (χ0v) is 18.7. The highest BCUT2D eigenvalue weighted by atomic mass is 32.2. The second kappa shape index (κ2) is 8.60. The molecule has 4 rings (SSSR count). The van der Waals surface area contributed by atoms with Gasteiger partial charge < -0.3 is 5.32 Å². The second-order valence-corrected chi connectivity index (χ2v) is 9.45. The lowest BCUT2D eigenvalue weighted by molar-refractivity contribution is -0.115. The van der Waals surface area contributed by atoms with E-state index in [1.807, 2.05) is 13.8 Å². The molecule has 2 aromatic heterocycles. The summed E-state index contributed by atoms with van der Waals surface area (Å²) in [6.45, 7) is 5.57. The number of nitrogens with zero attached hydrogens (tertiary/aromatic N) is 3. The van der Waals surface area contributed by atoms with E-state index in [9.17, 15) is 14.0 Å². The molecule has 2 heterocycles. The van der Waals surface area contributed by atoms with Crippen LogP contribution in [0.25, 0.3) is 16.6 Å². The number of carbonyl (C=O) groups is 1. The van der Waals surface area contributed by atoms with Crippen molar-refractivity contribution in [1.29, 1.82) is 0 Å². The average molecular weight is 455 g/mol. The number of anilines is 1. The van der Waals surface area contributed by atoms with Crippen molar-refractivity contribution >= 4 is 45.0 Å². The number of thiazole rings is 1. The second-order valence-electron chi connectivity index (χ2n) is 6.94. The van der Waals surface area contributed by atoms with Gasteiger partial charge in [-0.2, -0.15) is 0 Å². The van der Waals surface area contributed by atoms with Crippen LogP contribution in [0.3, 0.4) is 0 Å². The van der Waals surface area contributed by atoms with Crippen molar-refractivity contribution < 1.29 is 9.18 Å². The van der Waals surface area contributed by atoms with Gasteiger partial charge in [-0.3, -0.25) is 14.2 Å². The third kappa shape index (κ3) is 4.38. The van der Waals surface area contributed by atoms with Crippen molar-refractivity contribution in [1.82, 2.24) is 14.5 Å². The van der Waals surface area contributed by atoms with Gasteiger partial charge in [0.15, 0.2) is 10.3 Å². The van der Waals surface area contributed by atoms with Crippen LogP contribution >= 0.6 is 23.1 Å². The summed E-state index contributed by atoms with van der Waals surface area (Å²) in [5, 5.41) is 3.61. The van der Waals surface area contributed by atoms with Gasteiger partial charge in [0.2, 0.25) is 5.91 Å². The molecule has 2 aromatic carbocycles. The van der Waals surface area contributed by atoms with Crippen LogP contribution in [-0.2, 0) is 4.79 Å². The van der Waals surface area contributed by atoms with Crippen LogP contribution in [0.2, 0.25) is 0 Å². The van der Waals surface area contributed by atoms with Crippen molar-refractivity contribution in [3.63, 3.8) is 0 Å². The normalized spacial score (nSPS) is 12.1.